The van der Waals surface area contributed by atoms with E-state index in [9.17, 15) is 15.0 Å². The first-order chi connectivity index (χ1) is 10.6. The molecule has 2 aromatic carbocycles. The second-order valence-electron chi connectivity index (χ2n) is 5.02. The van der Waals surface area contributed by atoms with E-state index in [-0.39, 0.29) is 17.4 Å². The van der Waals surface area contributed by atoms with Crippen LogP contribution in [0.3, 0.4) is 0 Å². The molecule has 0 fully saturated rings. The van der Waals surface area contributed by atoms with E-state index in [0.29, 0.717) is 12.2 Å². The summed E-state index contributed by atoms with van der Waals surface area (Å²) in [7, 11) is 0. The molecule has 2 rings (SSSR count). The molecule has 0 spiro atoms. The fourth-order valence-corrected chi connectivity index (χ4v) is 1.94. The van der Waals surface area contributed by atoms with Gasteiger partial charge in [0.05, 0.1) is 6.61 Å². The van der Waals surface area contributed by atoms with Gasteiger partial charge < -0.3 is 14.9 Å². The van der Waals surface area contributed by atoms with Gasteiger partial charge in [0.1, 0.15) is 0 Å². The molecule has 0 aliphatic rings. The van der Waals surface area contributed by atoms with Crippen molar-refractivity contribution >= 4 is 12.0 Å². The molecular weight excluding hydrogens is 280 g/mol. The van der Waals surface area contributed by atoms with Crippen molar-refractivity contribution < 1.29 is 19.7 Å². The lowest BCUT2D eigenvalue weighted by atomic mass is 10.0. The third kappa shape index (κ3) is 4.38. The summed E-state index contributed by atoms with van der Waals surface area (Å²) in [5.41, 5.74) is 1.71. The van der Waals surface area contributed by atoms with Gasteiger partial charge in [-0.25, -0.2) is 4.79 Å². The SMILES string of the molecule is CC(COC(=O)/C=C/c1ccc(O)c(O)c1)c1ccccc1. The maximum atomic E-state index is 11.7. The summed E-state index contributed by atoms with van der Waals surface area (Å²) in [6, 6.07) is 14.1. The second-order valence-corrected chi connectivity index (χ2v) is 5.02. The molecule has 0 aliphatic heterocycles. The van der Waals surface area contributed by atoms with Crippen molar-refractivity contribution in [1.82, 2.24) is 0 Å². The average Bonchev–Trinajstić information content (AvgIpc) is 2.54. The molecule has 4 nitrogen and oxygen atoms in total. The minimum Gasteiger partial charge on any atom is -0.504 e. The molecule has 1 unspecified atom stereocenters. The maximum Gasteiger partial charge on any atom is 0.330 e. The molecule has 0 heterocycles. The Balaban J connectivity index is 1.87. The van der Waals surface area contributed by atoms with E-state index in [1.807, 2.05) is 37.3 Å². The maximum absolute atomic E-state index is 11.7. The first-order valence-electron chi connectivity index (χ1n) is 6.98. The molecule has 0 saturated carbocycles. The average molecular weight is 298 g/mol. The molecule has 0 saturated heterocycles. The Morgan fingerprint density at radius 1 is 1.14 bits per heavy atom. The summed E-state index contributed by atoms with van der Waals surface area (Å²) in [5, 5.41) is 18.6. The Bertz CT molecular complexity index is 662. The molecule has 114 valence electrons. The van der Waals surface area contributed by atoms with Crippen LogP contribution in [0.15, 0.2) is 54.6 Å². The zero-order valence-electron chi connectivity index (χ0n) is 12.3. The zero-order valence-corrected chi connectivity index (χ0v) is 12.3. The molecule has 4 heteroatoms. The Morgan fingerprint density at radius 2 is 1.86 bits per heavy atom. The highest BCUT2D eigenvalue weighted by molar-refractivity contribution is 5.87. The van der Waals surface area contributed by atoms with Gasteiger partial charge in [0.2, 0.25) is 0 Å². The molecule has 22 heavy (non-hydrogen) atoms. The molecular formula is C18H18O4. The number of ether oxygens (including phenoxy) is 1. The van der Waals surface area contributed by atoms with E-state index in [1.54, 1.807) is 6.07 Å². The minimum absolute atomic E-state index is 0.122. The van der Waals surface area contributed by atoms with Crippen molar-refractivity contribution in [3.63, 3.8) is 0 Å². The van der Waals surface area contributed by atoms with Crippen LogP contribution in [0.4, 0.5) is 0 Å². The molecule has 2 N–H and O–H groups in total. The smallest absolute Gasteiger partial charge is 0.330 e. The van der Waals surface area contributed by atoms with Crippen LogP contribution in [0, 0.1) is 0 Å². The van der Waals surface area contributed by atoms with Crippen molar-refractivity contribution in [2.45, 2.75) is 12.8 Å². The standard InChI is InChI=1S/C18H18O4/c1-13(15-5-3-2-4-6-15)12-22-18(21)10-8-14-7-9-16(19)17(20)11-14/h2-11,13,19-20H,12H2,1H3/b10-8+. The molecule has 0 amide bonds. The predicted molar refractivity (Wildman–Crippen MR) is 84.6 cm³/mol. The summed E-state index contributed by atoms with van der Waals surface area (Å²) in [5.74, 6) is -0.753. The van der Waals surface area contributed by atoms with E-state index in [2.05, 4.69) is 0 Å². The van der Waals surface area contributed by atoms with Crippen LogP contribution in [-0.4, -0.2) is 22.8 Å². The summed E-state index contributed by atoms with van der Waals surface area (Å²) in [6.07, 6.45) is 2.82. The van der Waals surface area contributed by atoms with E-state index < -0.39 is 5.97 Å². The number of phenols is 2. The lowest BCUT2D eigenvalue weighted by Gasteiger charge is -2.11. The number of hydrogen-bond donors (Lipinski definition) is 2. The normalized spacial score (nSPS) is 12.2. The van der Waals surface area contributed by atoms with Crippen LogP contribution in [0.5, 0.6) is 11.5 Å². The highest BCUT2D eigenvalue weighted by Crippen LogP contribution is 2.25. The van der Waals surface area contributed by atoms with Gasteiger partial charge in [0, 0.05) is 12.0 Å². The van der Waals surface area contributed by atoms with Gasteiger partial charge in [-0.3, -0.25) is 0 Å². The third-order valence-corrected chi connectivity index (χ3v) is 3.26. The molecule has 0 aromatic heterocycles. The quantitative estimate of drug-likeness (QED) is 0.504. The lowest BCUT2D eigenvalue weighted by molar-refractivity contribution is -0.138. The van der Waals surface area contributed by atoms with E-state index in [1.165, 1.54) is 24.3 Å². The van der Waals surface area contributed by atoms with Crippen LogP contribution in [0.2, 0.25) is 0 Å². The Labute approximate surface area is 129 Å². The molecule has 1 atom stereocenters. The fraction of sp³-hybridized carbons (Fsp3) is 0.167. The predicted octanol–water partition coefficient (Wildman–Crippen LogP) is 3.46. The molecule has 0 radical (unpaired) electrons. The Kier molecular flexibility index (Phi) is 5.20. The van der Waals surface area contributed by atoms with Crippen LogP contribution >= 0.6 is 0 Å². The highest BCUT2D eigenvalue weighted by atomic mass is 16.5. The van der Waals surface area contributed by atoms with E-state index >= 15 is 0 Å². The van der Waals surface area contributed by atoms with Crippen LogP contribution in [0.1, 0.15) is 24.0 Å². The van der Waals surface area contributed by atoms with Gasteiger partial charge in [0.15, 0.2) is 11.5 Å². The summed E-state index contributed by atoms with van der Waals surface area (Å²) < 4.78 is 5.20. The number of aromatic hydroxyl groups is 2. The van der Waals surface area contributed by atoms with Crippen molar-refractivity contribution in [3.8, 4) is 11.5 Å². The summed E-state index contributed by atoms with van der Waals surface area (Å²) in [6.45, 7) is 2.29. The molecule has 0 aliphatic carbocycles. The summed E-state index contributed by atoms with van der Waals surface area (Å²) >= 11 is 0. The van der Waals surface area contributed by atoms with Gasteiger partial charge in [0.25, 0.3) is 0 Å². The first-order valence-corrected chi connectivity index (χ1v) is 6.98. The first kappa shape index (κ1) is 15.6. The van der Waals surface area contributed by atoms with Gasteiger partial charge >= 0.3 is 5.97 Å². The van der Waals surface area contributed by atoms with Gasteiger partial charge in [-0.15, -0.1) is 0 Å². The van der Waals surface area contributed by atoms with Crippen molar-refractivity contribution in [2.75, 3.05) is 6.61 Å². The van der Waals surface area contributed by atoms with Gasteiger partial charge in [-0.1, -0.05) is 43.3 Å². The van der Waals surface area contributed by atoms with Crippen LogP contribution in [0.25, 0.3) is 6.08 Å². The van der Waals surface area contributed by atoms with Crippen molar-refractivity contribution in [1.29, 1.82) is 0 Å². The number of rotatable bonds is 5. The number of hydrogen-bond acceptors (Lipinski definition) is 4. The molecule has 0 bridgehead atoms. The Hall–Kier alpha value is -2.75. The monoisotopic (exact) mass is 298 g/mol. The number of carbonyl (C=O) groups is 1. The zero-order chi connectivity index (χ0) is 15.9. The Morgan fingerprint density at radius 3 is 2.55 bits per heavy atom. The minimum atomic E-state index is -0.449. The van der Waals surface area contributed by atoms with E-state index in [4.69, 9.17) is 4.74 Å². The number of carbonyl (C=O) groups excluding carboxylic acids is 1. The molecule has 2 aromatic rings. The third-order valence-electron chi connectivity index (χ3n) is 3.26. The topological polar surface area (TPSA) is 66.8 Å². The number of benzene rings is 2. The van der Waals surface area contributed by atoms with Gasteiger partial charge in [-0.05, 0) is 29.3 Å². The summed E-state index contributed by atoms with van der Waals surface area (Å²) in [4.78, 5) is 11.7. The number of esters is 1. The fourth-order valence-electron chi connectivity index (χ4n) is 1.94. The number of phenolic OH excluding ortho intramolecular Hbond substituents is 2. The largest absolute Gasteiger partial charge is 0.504 e. The van der Waals surface area contributed by atoms with Crippen molar-refractivity contribution in [3.05, 3.63) is 65.7 Å². The highest BCUT2D eigenvalue weighted by Gasteiger charge is 2.07. The second kappa shape index (κ2) is 7.31. The van der Waals surface area contributed by atoms with Crippen molar-refractivity contribution in [2.24, 2.45) is 0 Å². The van der Waals surface area contributed by atoms with E-state index in [0.717, 1.165) is 5.56 Å². The van der Waals surface area contributed by atoms with Crippen LogP contribution < -0.4 is 0 Å². The van der Waals surface area contributed by atoms with Crippen LogP contribution in [-0.2, 0) is 9.53 Å². The lowest BCUT2D eigenvalue weighted by Crippen LogP contribution is -2.08. The van der Waals surface area contributed by atoms with Gasteiger partial charge in [-0.2, -0.15) is 0 Å².